The number of nitrogens with one attached hydrogen (secondary N) is 1. The van der Waals surface area contributed by atoms with Crippen molar-refractivity contribution < 1.29 is 33.3 Å². The summed E-state index contributed by atoms with van der Waals surface area (Å²) >= 11 is 3.42. The molecule has 1 amide bonds. The molecule has 1 aliphatic carbocycles. The quantitative estimate of drug-likeness (QED) is 0.536. The van der Waals surface area contributed by atoms with Gasteiger partial charge in [0.2, 0.25) is 17.4 Å². The van der Waals surface area contributed by atoms with Gasteiger partial charge in [0.1, 0.15) is 36.2 Å². The fraction of sp³-hybridized carbons (Fsp3) is 0.360. The maximum atomic E-state index is 12.9. The summed E-state index contributed by atoms with van der Waals surface area (Å²) in [5.74, 6) is 1.20. The normalized spacial score (nSPS) is 21.6. The third-order valence-corrected chi connectivity index (χ3v) is 6.52. The molecule has 0 saturated heterocycles. The minimum absolute atomic E-state index is 0.0756. The fourth-order valence-electron chi connectivity index (χ4n) is 4.10. The Hall–Kier alpha value is -3.04. The highest BCUT2D eigenvalue weighted by Gasteiger charge is 2.41. The first-order valence-corrected chi connectivity index (χ1v) is 11.7. The van der Waals surface area contributed by atoms with Crippen molar-refractivity contribution in [2.45, 2.75) is 31.5 Å². The van der Waals surface area contributed by atoms with E-state index in [4.69, 9.17) is 23.7 Å². The summed E-state index contributed by atoms with van der Waals surface area (Å²) in [6.07, 6.45) is 2.65. The van der Waals surface area contributed by atoms with Crippen LogP contribution in [0.2, 0.25) is 0 Å². The average molecular weight is 532 g/mol. The Labute approximate surface area is 206 Å². The maximum absolute atomic E-state index is 12.9. The molecular formula is C25H26BrNO7. The van der Waals surface area contributed by atoms with Gasteiger partial charge < -0.3 is 29.0 Å². The van der Waals surface area contributed by atoms with Crippen LogP contribution < -0.4 is 19.5 Å². The molecule has 0 radical (unpaired) electrons. The Morgan fingerprint density at radius 3 is 2.71 bits per heavy atom. The summed E-state index contributed by atoms with van der Waals surface area (Å²) in [7, 11) is 3.08. The number of benzene rings is 2. The van der Waals surface area contributed by atoms with Crippen molar-refractivity contribution in [3.8, 4) is 17.2 Å². The van der Waals surface area contributed by atoms with Crippen molar-refractivity contribution in [1.29, 1.82) is 0 Å². The van der Waals surface area contributed by atoms with Crippen molar-refractivity contribution in [1.82, 2.24) is 0 Å². The van der Waals surface area contributed by atoms with E-state index in [1.165, 1.54) is 13.4 Å². The number of para-hydroxylation sites is 1. The minimum atomic E-state index is -0.307. The number of Topliss-reactive ketones (excluding diaryl/α,β-unsaturated/α-hetero) is 1. The monoisotopic (exact) mass is 531 g/mol. The second kappa shape index (κ2) is 10.9. The van der Waals surface area contributed by atoms with Gasteiger partial charge in [-0.25, -0.2) is 0 Å². The summed E-state index contributed by atoms with van der Waals surface area (Å²) in [6.45, 7) is -0.122. The first-order chi connectivity index (χ1) is 16.5. The molecule has 0 spiro atoms. The Morgan fingerprint density at radius 1 is 1.12 bits per heavy atom. The molecule has 180 valence electrons. The molecule has 2 aliphatic rings. The van der Waals surface area contributed by atoms with Crippen molar-refractivity contribution in [2.24, 2.45) is 5.92 Å². The molecule has 1 fully saturated rings. The van der Waals surface area contributed by atoms with Crippen LogP contribution >= 0.6 is 15.9 Å². The standard InChI is InChI=1S/C25H26BrNO7/c1-30-15-8-10-21(31-2)19(11-15)27-24(28)14-32-16-7-9-17-22(12-16)33-13-23(25(17)29)34-20-6-4-3-5-18(20)26/h3-6,8,10-11,13,16-17,22H,7,9,12,14H2,1-2H3,(H,27,28). The third-order valence-electron chi connectivity index (χ3n) is 5.86. The van der Waals surface area contributed by atoms with Gasteiger partial charge in [-0.15, -0.1) is 0 Å². The second-order valence-electron chi connectivity index (χ2n) is 8.02. The van der Waals surface area contributed by atoms with E-state index in [1.807, 2.05) is 18.2 Å². The number of anilines is 1. The van der Waals surface area contributed by atoms with Gasteiger partial charge in [0.25, 0.3) is 0 Å². The summed E-state index contributed by atoms with van der Waals surface area (Å²) < 4.78 is 28.7. The van der Waals surface area contributed by atoms with E-state index < -0.39 is 0 Å². The summed E-state index contributed by atoms with van der Waals surface area (Å²) in [6, 6.07) is 12.5. The van der Waals surface area contributed by atoms with Crippen LogP contribution in [0.5, 0.6) is 17.2 Å². The predicted molar refractivity (Wildman–Crippen MR) is 128 cm³/mol. The van der Waals surface area contributed by atoms with Crippen LogP contribution in [-0.4, -0.2) is 44.7 Å². The summed E-state index contributed by atoms with van der Waals surface area (Å²) in [4.78, 5) is 25.4. The zero-order valence-corrected chi connectivity index (χ0v) is 20.5. The predicted octanol–water partition coefficient (Wildman–Crippen LogP) is 4.48. The molecule has 0 aromatic heterocycles. The van der Waals surface area contributed by atoms with Crippen molar-refractivity contribution >= 4 is 33.3 Å². The number of ketones is 1. The SMILES string of the molecule is COc1ccc(OC)c(NC(=O)COC2CCC3C(=O)C(Oc4ccccc4Br)=COC3C2)c1. The van der Waals surface area contributed by atoms with Gasteiger partial charge in [-0.3, -0.25) is 9.59 Å². The van der Waals surface area contributed by atoms with E-state index in [1.54, 1.807) is 31.4 Å². The van der Waals surface area contributed by atoms with Crippen LogP contribution in [-0.2, 0) is 19.1 Å². The minimum Gasteiger partial charge on any atom is -0.497 e. The number of fused-ring (bicyclic) bond motifs is 1. The number of allylic oxidation sites excluding steroid dienone is 1. The molecule has 3 atom stereocenters. The Bertz CT molecular complexity index is 1090. The number of hydrogen-bond acceptors (Lipinski definition) is 7. The average Bonchev–Trinajstić information content (AvgIpc) is 2.85. The number of halogens is 1. The highest BCUT2D eigenvalue weighted by atomic mass is 79.9. The number of carbonyl (C=O) groups is 2. The lowest BCUT2D eigenvalue weighted by molar-refractivity contribution is -0.136. The Kier molecular flexibility index (Phi) is 7.74. The first kappa shape index (κ1) is 24.1. The van der Waals surface area contributed by atoms with Gasteiger partial charge >= 0.3 is 0 Å². The molecule has 2 aromatic carbocycles. The molecule has 3 unspecified atom stereocenters. The molecule has 1 N–H and O–H groups in total. The van der Waals surface area contributed by atoms with Crippen LogP contribution in [0, 0.1) is 5.92 Å². The second-order valence-corrected chi connectivity index (χ2v) is 8.87. The smallest absolute Gasteiger partial charge is 0.250 e. The van der Waals surface area contributed by atoms with E-state index in [9.17, 15) is 9.59 Å². The van der Waals surface area contributed by atoms with Gasteiger partial charge in [0, 0.05) is 12.5 Å². The van der Waals surface area contributed by atoms with Gasteiger partial charge in [0.15, 0.2) is 0 Å². The number of amides is 1. The zero-order chi connectivity index (χ0) is 24.1. The molecule has 1 aliphatic heterocycles. The topological polar surface area (TPSA) is 92.3 Å². The van der Waals surface area contributed by atoms with Crippen molar-refractivity contribution in [3.63, 3.8) is 0 Å². The van der Waals surface area contributed by atoms with Gasteiger partial charge in [-0.2, -0.15) is 0 Å². The molecule has 1 heterocycles. The number of methoxy groups -OCH3 is 2. The number of hydrogen-bond donors (Lipinski definition) is 1. The van der Waals surface area contributed by atoms with Gasteiger partial charge in [0.05, 0.1) is 36.4 Å². The highest BCUT2D eigenvalue weighted by molar-refractivity contribution is 9.10. The highest BCUT2D eigenvalue weighted by Crippen LogP contribution is 2.36. The van der Waals surface area contributed by atoms with Crippen LogP contribution in [0.3, 0.4) is 0 Å². The molecule has 1 saturated carbocycles. The van der Waals surface area contributed by atoms with Gasteiger partial charge in [-0.05, 0) is 53.0 Å². The fourth-order valence-corrected chi connectivity index (χ4v) is 4.46. The van der Waals surface area contributed by atoms with E-state index >= 15 is 0 Å². The number of carbonyl (C=O) groups excluding carboxylic acids is 2. The number of rotatable bonds is 8. The zero-order valence-electron chi connectivity index (χ0n) is 18.9. The lowest BCUT2D eigenvalue weighted by Gasteiger charge is -2.37. The lowest BCUT2D eigenvalue weighted by Crippen LogP contribution is -2.43. The van der Waals surface area contributed by atoms with Crippen LogP contribution in [0.15, 0.2) is 59.0 Å². The molecule has 9 heteroatoms. The molecule has 4 rings (SSSR count). The molecule has 34 heavy (non-hydrogen) atoms. The largest absolute Gasteiger partial charge is 0.497 e. The Morgan fingerprint density at radius 2 is 1.94 bits per heavy atom. The summed E-state index contributed by atoms with van der Waals surface area (Å²) in [5, 5.41) is 2.79. The Balaban J connectivity index is 1.30. The molecule has 8 nitrogen and oxygen atoms in total. The van der Waals surface area contributed by atoms with E-state index in [-0.39, 0.29) is 42.2 Å². The van der Waals surface area contributed by atoms with E-state index in [2.05, 4.69) is 21.2 Å². The van der Waals surface area contributed by atoms with Crippen molar-refractivity contribution in [3.05, 3.63) is 59.0 Å². The maximum Gasteiger partial charge on any atom is 0.250 e. The van der Waals surface area contributed by atoms with E-state index in [0.29, 0.717) is 42.2 Å². The van der Waals surface area contributed by atoms with E-state index in [0.717, 1.165) is 4.47 Å². The van der Waals surface area contributed by atoms with Crippen LogP contribution in [0.25, 0.3) is 0 Å². The lowest BCUT2D eigenvalue weighted by atomic mass is 9.80. The van der Waals surface area contributed by atoms with Crippen LogP contribution in [0.4, 0.5) is 5.69 Å². The van der Waals surface area contributed by atoms with Crippen LogP contribution in [0.1, 0.15) is 19.3 Å². The molecular weight excluding hydrogens is 506 g/mol. The van der Waals surface area contributed by atoms with Gasteiger partial charge in [-0.1, -0.05) is 12.1 Å². The summed E-state index contributed by atoms with van der Waals surface area (Å²) in [5.41, 5.74) is 0.503. The van der Waals surface area contributed by atoms with Crippen molar-refractivity contribution in [2.75, 3.05) is 26.1 Å². The molecule has 0 bridgehead atoms. The first-order valence-electron chi connectivity index (χ1n) is 10.9. The molecule has 2 aromatic rings. The number of ether oxygens (including phenoxy) is 5. The third kappa shape index (κ3) is 5.53.